The summed E-state index contributed by atoms with van der Waals surface area (Å²) in [5, 5.41) is 11.8. The first kappa shape index (κ1) is 16.8. The summed E-state index contributed by atoms with van der Waals surface area (Å²) in [5.41, 5.74) is -0.841. The maximum atomic E-state index is 12.3. The summed E-state index contributed by atoms with van der Waals surface area (Å²) in [7, 11) is 0. The highest BCUT2D eigenvalue weighted by atomic mass is 16.5. The van der Waals surface area contributed by atoms with Crippen molar-refractivity contribution in [2.24, 2.45) is 0 Å². The van der Waals surface area contributed by atoms with Crippen LogP contribution in [0.15, 0.2) is 24.3 Å². The number of carbonyl (C=O) groups is 3. The molecule has 2 rings (SSSR count). The average Bonchev–Trinajstić information content (AvgIpc) is 2.50. The number of benzene rings is 1. The van der Waals surface area contributed by atoms with Crippen LogP contribution in [0.2, 0.25) is 0 Å². The Balaban J connectivity index is 2.14. The van der Waals surface area contributed by atoms with Gasteiger partial charge in [0.25, 0.3) is 5.91 Å². The number of rotatable bonds is 6. The lowest BCUT2D eigenvalue weighted by atomic mass is 9.96. The molecule has 1 aromatic carbocycles. The van der Waals surface area contributed by atoms with Gasteiger partial charge in [-0.05, 0) is 25.5 Å². The maximum Gasteiger partial charge on any atom is 0.329 e. The highest BCUT2D eigenvalue weighted by molar-refractivity contribution is 6.02. The third-order valence-electron chi connectivity index (χ3n) is 3.75. The first-order valence-corrected chi connectivity index (χ1v) is 7.44. The van der Waals surface area contributed by atoms with Gasteiger partial charge in [-0.2, -0.15) is 0 Å². The largest absolute Gasteiger partial charge is 0.482 e. The van der Waals surface area contributed by atoms with E-state index in [1.807, 2.05) is 6.92 Å². The molecule has 1 heterocycles. The van der Waals surface area contributed by atoms with Crippen molar-refractivity contribution < 1.29 is 24.2 Å². The predicted octanol–water partition coefficient (Wildman–Crippen LogP) is 1.17. The van der Waals surface area contributed by atoms with Crippen LogP contribution in [0.5, 0.6) is 5.75 Å². The smallest absolute Gasteiger partial charge is 0.329 e. The first-order chi connectivity index (χ1) is 10.9. The molecule has 1 aliphatic rings. The van der Waals surface area contributed by atoms with E-state index < -0.39 is 17.4 Å². The predicted molar refractivity (Wildman–Crippen MR) is 83.4 cm³/mol. The Hall–Kier alpha value is -2.57. The fourth-order valence-electron chi connectivity index (χ4n) is 2.54. The minimum atomic E-state index is -1.35. The minimum Gasteiger partial charge on any atom is -0.482 e. The van der Waals surface area contributed by atoms with Crippen molar-refractivity contribution in [3.05, 3.63) is 24.3 Å². The highest BCUT2D eigenvalue weighted by Gasteiger charge is 2.35. The molecule has 1 atom stereocenters. The van der Waals surface area contributed by atoms with Gasteiger partial charge in [-0.15, -0.1) is 0 Å². The normalized spacial score (nSPS) is 16.1. The second-order valence-corrected chi connectivity index (χ2v) is 5.67. The number of aliphatic carboxylic acids is 1. The van der Waals surface area contributed by atoms with E-state index in [1.54, 1.807) is 24.3 Å². The zero-order valence-electron chi connectivity index (χ0n) is 13.2. The number of amides is 2. The summed E-state index contributed by atoms with van der Waals surface area (Å²) < 4.78 is 5.31. The van der Waals surface area contributed by atoms with Gasteiger partial charge in [-0.3, -0.25) is 14.5 Å². The molecule has 23 heavy (non-hydrogen) atoms. The Labute approximate surface area is 134 Å². The third-order valence-corrected chi connectivity index (χ3v) is 3.75. The van der Waals surface area contributed by atoms with Crippen molar-refractivity contribution >= 4 is 23.5 Å². The van der Waals surface area contributed by atoms with Gasteiger partial charge in [0.15, 0.2) is 6.61 Å². The van der Waals surface area contributed by atoms with Crippen LogP contribution < -0.4 is 15.0 Å². The molecule has 1 aliphatic heterocycles. The molecule has 0 aromatic heterocycles. The van der Waals surface area contributed by atoms with Gasteiger partial charge in [0.2, 0.25) is 5.91 Å². The standard InChI is InChI=1S/C16H20N2O5/c1-3-8-16(2,15(21)22)17-13(19)9-18-11-6-4-5-7-12(11)23-10-14(18)20/h4-7H,3,8-10H2,1-2H3,(H,17,19)(H,21,22). The molecule has 1 aromatic rings. The number of ether oxygens (including phenoxy) is 1. The Morgan fingerprint density at radius 2 is 2.09 bits per heavy atom. The molecule has 2 N–H and O–H groups in total. The Bertz CT molecular complexity index is 631. The minimum absolute atomic E-state index is 0.143. The lowest BCUT2D eigenvalue weighted by Crippen LogP contribution is -2.55. The topological polar surface area (TPSA) is 95.9 Å². The van der Waals surface area contributed by atoms with Crippen molar-refractivity contribution in [1.82, 2.24) is 5.32 Å². The number of carboxylic acids is 1. The highest BCUT2D eigenvalue weighted by Crippen LogP contribution is 2.31. The van der Waals surface area contributed by atoms with E-state index in [4.69, 9.17) is 4.74 Å². The lowest BCUT2D eigenvalue weighted by Gasteiger charge is -2.31. The Kier molecular flexibility index (Phi) is 4.88. The molecule has 0 radical (unpaired) electrons. The van der Waals surface area contributed by atoms with Crippen LogP contribution in [0.1, 0.15) is 26.7 Å². The van der Waals surface area contributed by atoms with Crippen molar-refractivity contribution in [2.45, 2.75) is 32.2 Å². The SMILES string of the molecule is CCCC(C)(NC(=O)CN1C(=O)COc2ccccc21)C(=O)O. The fraction of sp³-hybridized carbons (Fsp3) is 0.438. The molecule has 7 heteroatoms. The summed E-state index contributed by atoms with van der Waals surface area (Å²) >= 11 is 0. The number of anilines is 1. The molecule has 0 aliphatic carbocycles. The van der Waals surface area contributed by atoms with Crippen LogP contribution in [0.25, 0.3) is 0 Å². The molecular weight excluding hydrogens is 300 g/mol. The van der Waals surface area contributed by atoms with Gasteiger partial charge in [0.1, 0.15) is 17.8 Å². The summed E-state index contributed by atoms with van der Waals surface area (Å²) in [5.74, 6) is -1.43. The third kappa shape index (κ3) is 3.61. The number of carbonyl (C=O) groups excluding carboxylic acids is 2. The van der Waals surface area contributed by atoms with Crippen LogP contribution in [0.4, 0.5) is 5.69 Å². The lowest BCUT2D eigenvalue weighted by molar-refractivity contribution is -0.147. The van der Waals surface area contributed by atoms with Crippen LogP contribution in [-0.2, 0) is 14.4 Å². The van der Waals surface area contributed by atoms with E-state index in [1.165, 1.54) is 11.8 Å². The van der Waals surface area contributed by atoms with E-state index in [9.17, 15) is 19.5 Å². The molecule has 0 saturated carbocycles. The van der Waals surface area contributed by atoms with Crippen LogP contribution >= 0.6 is 0 Å². The van der Waals surface area contributed by atoms with Crippen LogP contribution in [-0.4, -0.2) is 41.6 Å². The van der Waals surface area contributed by atoms with Crippen molar-refractivity contribution in [3.63, 3.8) is 0 Å². The molecule has 1 unspecified atom stereocenters. The van der Waals surface area contributed by atoms with Gasteiger partial charge >= 0.3 is 5.97 Å². The van der Waals surface area contributed by atoms with Gasteiger partial charge in [0.05, 0.1) is 5.69 Å². The molecule has 0 saturated heterocycles. The van der Waals surface area contributed by atoms with Gasteiger partial charge in [0, 0.05) is 0 Å². The average molecular weight is 320 g/mol. The van der Waals surface area contributed by atoms with Crippen LogP contribution in [0.3, 0.4) is 0 Å². The zero-order chi connectivity index (χ0) is 17.0. The number of nitrogens with zero attached hydrogens (tertiary/aromatic N) is 1. The molecule has 2 amide bonds. The molecule has 124 valence electrons. The molecule has 0 spiro atoms. The quantitative estimate of drug-likeness (QED) is 0.820. The zero-order valence-corrected chi connectivity index (χ0v) is 13.2. The number of hydrogen-bond donors (Lipinski definition) is 2. The number of fused-ring (bicyclic) bond motifs is 1. The van der Waals surface area contributed by atoms with Crippen molar-refractivity contribution in [1.29, 1.82) is 0 Å². The number of hydrogen-bond acceptors (Lipinski definition) is 4. The second-order valence-electron chi connectivity index (χ2n) is 5.67. The molecule has 7 nitrogen and oxygen atoms in total. The van der Waals surface area contributed by atoms with Crippen molar-refractivity contribution in [3.8, 4) is 5.75 Å². The van der Waals surface area contributed by atoms with Gasteiger partial charge in [-0.25, -0.2) is 4.79 Å². The van der Waals surface area contributed by atoms with E-state index in [0.717, 1.165) is 0 Å². The summed E-state index contributed by atoms with van der Waals surface area (Å²) in [6, 6.07) is 6.91. The van der Waals surface area contributed by atoms with Gasteiger partial charge < -0.3 is 15.2 Å². The maximum absolute atomic E-state index is 12.3. The molecule has 0 fully saturated rings. The van der Waals surface area contributed by atoms with E-state index in [2.05, 4.69) is 5.32 Å². The number of carboxylic acid groups (broad SMARTS) is 1. The summed E-state index contributed by atoms with van der Waals surface area (Å²) in [4.78, 5) is 37.0. The fourth-order valence-corrected chi connectivity index (χ4v) is 2.54. The number of para-hydroxylation sites is 2. The first-order valence-electron chi connectivity index (χ1n) is 7.44. The summed E-state index contributed by atoms with van der Waals surface area (Å²) in [6.45, 7) is 2.92. The van der Waals surface area contributed by atoms with E-state index >= 15 is 0 Å². The second kappa shape index (κ2) is 6.68. The van der Waals surface area contributed by atoms with E-state index in [0.29, 0.717) is 24.3 Å². The van der Waals surface area contributed by atoms with Crippen molar-refractivity contribution in [2.75, 3.05) is 18.1 Å². The Morgan fingerprint density at radius 3 is 2.74 bits per heavy atom. The van der Waals surface area contributed by atoms with Gasteiger partial charge in [-0.1, -0.05) is 25.5 Å². The summed E-state index contributed by atoms with van der Waals surface area (Å²) in [6.07, 6.45) is 0.921. The van der Waals surface area contributed by atoms with Crippen LogP contribution in [0, 0.1) is 0 Å². The molecular formula is C16H20N2O5. The van der Waals surface area contributed by atoms with E-state index in [-0.39, 0.29) is 19.1 Å². The monoisotopic (exact) mass is 320 g/mol. The molecule has 0 bridgehead atoms. The Morgan fingerprint density at radius 1 is 1.39 bits per heavy atom. The number of nitrogens with one attached hydrogen (secondary N) is 1.